The Morgan fingerprint density at radius 3 is 2.35 bits per heavy atom. The van der Waals surface area contributed by atoms with E-state index in [0.717, 1.165) is 11.1 Å². The van der Waals surface area contributed by atoms with Gasteiger partial charge in [0.1, 0.15) is 5.75 Å². The Morgan fingerprint density at radius 2 is 1.70 bits per heavy atom. The molecule has 0 radical (unpaired) electrons. The summed E-state index contributed by atoms with van der Waals surface area (Å²) < 4.78 is 10.1. The van der Waals surface area contributed by atoms with Gasteiger partial charge in [0.2, 0.25) is 0 Å². The minimum atomic E-state index is -0.465. The summed E-state index contributed by atoms with van der Waals surface area (Å²) in [5.41, 5.74) is 1.96. The Bertz CT molecular complexity index is 751. The minimum Gasteiger partial charge on any atom is -0.495 e. The summed E-state index contributed by atoms with van der Waals surface area (Å²) in [6.07, 6.45) is 0. The van der Waals surface area contributed by atoms with Gasteiger partial charge in [0.15, 0.2) is 0 Å². The average molecular weight is 306 g/mol. The van der Waals surface area contributed by atoms with E-state index >= 15 is 0 Å². The number of hydrogen-bond donors (Lipinski definition) is 0. The molecular weight excluding hydrogens is 288 g/mol. The minimum absolute atomic E-state index is 0.307. The average Bonchev–Trinajstić information content (AvgIpc) is 2.62. The fraction of sp³-hybridized carbons (Fsp3) is 0.150. The number of para-hydroxylation sites is 1. The van der Waals surface area contributed by atoms with Gasteiger partial charge in [-0.05, 0) is 17.7 Å². The van der Waals surface area contributed by atoms with E-state index in [-0.39, 0.29) is 0 Å². The monoisotopic (exact) mass is 306 g/mol. The fourth-order valence-electron chi connectivity index (χ4n) is 2.16. The third-order valence-corrected chi connectivity index (χ3v) is 3.39. The SMILES string of the molecule is C=C(C(=O)OC)[C@H](C#Cc1ccccc1OC)c1ccccc1. The largest absolute Gasteiger partial charge is 0.495 e. The standard InChI is InChI=1S/C20H18O3/c1-15(20(21)23-3)18(16-9-5-4-6-10-16)14-13-17-11-7-8-12-19(17)22-2/h4-12,18H,1H2,2-3H3/t18-/m0/s1. The van der Waals surface area contributed by atoms with Crippen LogP contribution < -0.4 is 4.74 Å². The van der Waals surface area contributed by atoms with Crippen molar-refractivity contribution in [3.8, 4) is 17.6 Å². The molecule has 2 rings (SSSR count). The molecule has 0 aliphatic rings. The van der Waals surface area contributed by atoms with Crippen LogP contribution in [0.3, 0.4) is 0 Å². The van der Waals surface area contributed by atoms with Crippen LogP contribution in [0.2, 0.25) is 0 Å². The van der Waals surface area contributed by atoms with Crippen LogP contribution in [0.5, 0.6) is 5.75 Å². The molecule has 0 fully saturated rings. The summed E-state index contributed by atoms with van der Waals surface area (Å²) in [4.78, 5) is 11.8. The summed E-state index contributed by atoms with van der Waals surface area (Å²) in [5, 5.41) is 0. The maximum Gasteiger partial charge on any atom is 0.334 e. The first-order valence-corrected chi connectivity index (χ1v) is 7.14. The van der Waals surface area contributed by atoms with Gasteiger partial charge >= 0.3 is 5.97 Å². The van der Waals surface area contributed by atoms with Crippen molar-refractivity contribution >= 4 is 5.97 Å². The molecule has 0 saturated heterocycles. The third kappa shape index (κ3) is 4.02. The Hall–Kier alpha value is -2.99. The van der Waals surface area contributed by atoms with Crippen molar-refractivity contribution < 1.29 is 14.3 Å². The number of benzene rings is 2. The van der Waals surface area contributed by atoms with Gasteiger partial charge in [0.05, 0.1) is 25.7 Å². The second-order valence-corrected chi connectivity index (χ2v) is 4.83. The van der Waals surface area contributed by atoms with Crippen molar-refractivity contribution in [2.75, 3.05) is 14.2 Å². The molecule has 0 aliphatic carbocycles. The molecule has 116 valence electrons. The highest BCUT2D eigenvalue weighted by molar-refractivity contribution is 5.90. The van der Waals surface area contributed by atoms with E-state index in [1.54, 1.807) is 7.11 Å². The summed E-state index contributed by atoms with van der Waals surface area (Å²) in [5.74, 6) is 5.98. The van der Waals surface area contributed by atoms with Crippen LogP contribution in [0, 0.1) is 11.8 Å². The van der Waals surface area contributed by atoms with Crippen LogP contribution in [0.25, 0.3) is 0 Å². The summed E-state index contributed by atoms with van der Waals surface area (Å²) in [7, 11) is 2.94. The van der Waals surface area contributed by atoms with E-state index in [0.29, 0.717) is 11.3 Å². The lowest BCUT2D eigenvalue weighted by atomic mass is 9.92. The Kier molecular flexibility index (Phi) is 5.60. The van der Waals surface area contributed by atoms with Gasteiger partial charge in [-0.1, -0.05) is 60.9 Å². The topological polar surface area (TPSA) is 35.5 Å². The van der Waals surface area contributed by atoms with Gasteiger partial charge < -0.3 is 9.47 Å². The molecule has 3 heteroatoms. The molecule has 23 heavy (non-hydrogen) atoms. The molecule has 0 bridgehead atoms. The van der Waals surface area contributed by atoms with E-state index in [9.17, 15) is 4.79 Å². The van der Waals surface area contributed by atoms with Crippen LogP contribution >= 0.6 is 0 Å². The highest BCUT2D eigenvalue weighted by Gasteiger charge is 2.19. The Labute approximate surface area is 136 Å². The number of ether oxygens (including phenoxy) is 2. The van der Waals surface area contributed by atoms with Crippen molar-refractivity contribution in [1.82, 2.24) is 0 Å². The van der Waals surface area contributed by atoms with Gasteiger partial charge in [-0.3, -0.25) is 0 Å². The van der Waals surface area contributed by atoms with Crippen molar-refractivity contribution in [2.45, 2.75) is 5.92 Å². The maximum atomic E-state index is 11.8. The van der Waals surface area contributed by atoms with Crippen LogP contribution in [0.15, 0.2) is 66.7 Å². The molecule has 0 unspecified atom stereocenters. The molecule has 2 aromatic rings. The van der Waals surface area contributed by atoms with Crippen molar-refractivity contribution in [3.05, 3.63) is 77.9 Å². The predicted molar refractivity (Wildman–Crippen MR) is 90.2 cm³/mol. The lowest BCUT2D eigenvalue weighted by Gasteiger charge is -2.12. The second-order valence-electron chi connectivity index (χ2n) is 4.83. The van der Waals surface area contributed by atoms with Gasteiger partial charge in [0.25, 0.3) is 0 Å². The number of carbonyl (C=O) groups is 1. The molecular formula is C20H18O3. The number of methoxy groups -OCH3 is 2. The highest BCUT2D eigenvalue weighted by Crippen LogP contribution is 2.24. The zero-order valence-electron chi connectivity index (χ0n) is 13.2. The van der Waals surface area contributed by atoms with Crippen LogP contribution in [-0.4, -0.2) is 20.2 Å². The van der Waals surface area contributed by atoms with Crippen molar-refractivity contribution in [3.63, 3.8) is 0 Å². The lowest BCUT2D eigenvalue weighted by Crippen LogP contribution is -2.11. The fourth-order valence-corrected chi connectivity index (χ4v) is 2.16. The van der Waals surface area contributed by atoms with Crippen LogP contribution in [-0.2, 0) is 9.53 Å². The van der Waals surface area contributed by atoms with Crippen LogP contribution in [0.1, 0.15) is 17.0 Å². The van der Waals surface area contributed by atoms with Crippen LogP contribution in [0.4, 0.5) is 0 Å². The van der Waals surface area contributed by atoms with E-state index < -0.39 is 11.9 Å². The maximum absolute atomic E-state index is 11.8. The third-order valence-electron chi connectivity index (χ3n) is 3.39. The van der Waals surface area contributed by atoms with E-state index in [4.69, 9.17) is 9.47 Å². The Morgan fingerprint density at radius 1 is 1.04 bits per heavy atom. The molecule has 0 heterocycles. The zero-order chi connectivity index (χ0) is 16.7. The normalized spacial score (nSPS) is 10.9. The molecule has 0 amide bonds. The summed E-state index contributed by atoms with van der Waals surface area (Å²) in [6.45, 7) is 3.85. The second kappa shape index (κ2) is 7.86. The molecule has 3 nitrogen and oxygen atoms in total. The molecule has 0 spiro atoms. The zero-order valence-corrected chi connectivity index (χ0v) is 13.2. The number of rotatable bonds is 4. The molecule has 0 saturated carbocycles. The Balaban J connectivity index is 2.42. The van der Waals surface area contributed by atoms with E-state index in [2.05, 4.69) is 18.4 Å². The first-order valence-electron chi connectivity index (χ1n) is 7.14. The van der Waals surface area contributed by atoms with Gasteiger partial charge in [0, 0.05) is 5.57 Å². The molecule has 0 aromatic heterocycles. The number of hydrogen-bond acceptors (Lipinski definition) is 3. The quantitative estimate of drug-likeness (QED) is 0.492. The van der Waals surface area contributed by atoms with Gasteiger partial charge in [-0.2, -0.15) is 0 Å². The highest BCUT2D eigenvalue weighted by atomic mass is 16.5. The van der Waals surface area contributed by atoms with E-state index in [1.807, 2.05) is 54.6 Å². The van der Waals surface area contributed by atoms with Gasteiger partial charge in [-0.25, -0.2) is 4.79 Å². The molecule has 1 atom stereocenters. The van der Waals surface area contributed by atoms with E-state index in [1.165, 1.54) is 7.11 Å². The smallest absolute Gasteiger partial charge is 0.334 e. The van der Waals surface area contributed by atoms with Gasteiger partial charge in [-0.15, -0.1) is 0 Å². The first-order chi connectivity index (χ1) is 11.2. The molecule has 2 aromatic carbocycles. The molecule has 0 aliphatic heterocycles. The predicted octanol–water partition coefficient (Wildman–Crippen LogP) is 3.56. The van der Waals surface area contributed by atoms with Crippen molar-refractivity contribution in [2.24, 2.45) is 0 Å². The number of carbonyl (C=O) groups excluding carboxylic acids is 1. The summed E-state index contributed by atoms with van der Waals surface area (Å²) >= 11 is 0. The first kappa shape index (κ1) is 16.4. The lowest BCUT2D eigenvalue weighted by molar-refractivity contribution is -0.136. The van der Waals surface area contributed by atoms with Crippen molar-refractivity contribution in [1.29, 1.82) is 0 Å². The molecule has 0 N–H and O–H groups in total. The number of esters is 1. The summed E-state index contributed by atoms with van der Waals surface area (Å²) in [6, 6.07) is 17.0.